The minimum absolute atomic E-state index is 0.0511. The first kappa shape index (κ1) is 15.2. The van der Waals surface area contributed by atoms with Crippen LogP contribution in [0.2, 0.25) is 0 Å². The van der Waals surface area contributed by atoms with Crippen LogP contribution in [0.5, 0.6) is 0 Å². The zero-order chi connectivity index (χ0) is 15.6. The average Bonchev–Trinajstić information content (AvgIpc) is 2.82. The quantitative estimate of drug-likeness (QED) is 0.865. The molecule has 0 saturated carbocycles. The van der Waals surface area contributed by atoms with Crippen LogP contribution >= 0.6 is 0 Å². The van der Waals surface area contributed by atoms with Crippen LogP contribution in [0.4, 0.5) is 0 Å². The van der Waals surface area contributed by atoms with E-state index in [0.717, 1.165) is 6.07 Å². The van der Waals surface area contributed by atoms with Crippen molar-refractivity contribution < 1.29 is 22.7 Å². The first-order valence-electron chi connectivity index (χ1n) is 6.04. The Bertz CT molecular complexity index is 780. The van der Waals surface area contributed by atoms with Gasteiger partial charge in [0, 0.05) is 0 Å². The van der Waals surface area contributed by atoms with Crippen molar-refractivity contribution in [2.75, 3.05) is 0 Å². The Balaban J connectivity index is 2.23. The summed E-state index contributed by atoms with van der Waals surface area (Å²) in [5.74, 6) is -0.359. The third kappa shape index (κ3) is 3.47. The molecule has 0 spiro atoms. The summed E-state index contributed by atoms with van der Waals surface area (Å²) in [6, 6.07) is 3.93. The summed E-state index contributed by atoms with van der Waals surface area (Å²) < 4.78 is 31.7. The van der Waals surface area contributed by atoms with Crippen LogP contribution in [-0.2, 0) is 16.6 Å². The van der Waals surface area contributed by atoms with Crippen LogP contribution in [0.1, 0.15) is 27.6 Å². The molecule has 0 saturated heterocycles. The van der Waals surface area contributed by atoms with Gasteiger partial charge in [-0.25, -0.2) is 22.9 Å². The number of sulfonamides is 1. The maximum absolute atomic E-state index is 12.1. The molecule has 0 bridgehead atoms. The molecule has 0 aliphatic heterocycles. The molecular formula is C13H14N2O5S. The number of carbonyl (C=O) groups is 1. The standard InChI is InChI=1S/C13H14N2O5S/c1-8-3-4-10(5-11(8)13(16)17)21(18,19)15-7-12-14-6-9(2)20-12/h3-6,15H,7H2,1-2H3,(H,16,17). The van der Waals surface area contributed by atoms with E-state index in [0.29, 0.717) is 11.3 Å². The molecule has 2 rings (SSSR count). The summed E-state index contributed by atoms with van der Waals surface area (Å²) in [5, 5.41) is 9.03. The van der Waals surface area contributed by atoms with Gasteiger partial charge >= 0.3 is 5.97 Å². The SMILES string of the molecule is Cc1cnc(CNS(=O)(=O)c2ccc(C)c(C(=O)O)c2)o1. The van der Waals surface area contributed by atoms with Gasteiger partial charge in [-0.3, -0.25) is 0 Å². The highest BCUT2D eigenvalue weighted by Gasteiger charge is 2.18. The van der Waals surface area contributed by atoms with Crippen molar-refractivity contribution in [1.82, 2.24) is 9.71 Å². The smallest absolute Gasteiger partial charge is 0.335 e. The van der Waals surface area contributed by atoms with Gasteiger partial charge in [0.25, 0.3) is 0 Å². The number of aromatic carboxylic acids is 1. The molecule has 1 aromatic carbocycles. The summed E-state index contributed by atoms with van der Waals surface area (Å²) in [4.78, 5) is 14.8. The number of nitrogens with zero attached hydrogens (tertiary/aromatic N) is 1. The molecule has 21 heavy (non-hydrogen) atoms. The largest absolute Gasteiger partial charge is 0.478 e. The first-order valence-corrected chi connectivity index (χ1v) is 7.53. The van der Waals surface area contributed by atoms with Crippen molar-refractivity contribution in [1.29, 1.82) is 0 Å². The van der Waals surface area contributed by atoms with Crippen molar-refractivity contribution in [3.05, 3.63) is 47.2 Å². The monoisotopic (exact) mass is 310 g/mol. The van der Waals surface area contributed by atoms with Gasteiger partial charge in [0.2, 0.25) is 15.9 Å². The predicted molar refractivity (Wildman–Crippen MR) is 73.4 cm³/mol. The molecule has 2 aromatic rings. The van der Waals surface area contributed by atoms with Crippen LogP contribution in [-0.4, -0.2) is 24.5 Å². The van der Waals surface area contributed by atoms with Crippen LogP contribution in [0, 0.1) is 13.8 Å². The minimum Gasteiger partial charge on any atom is -0.478 e. The summed E-state index contributed by atoms with van der Waals surface area (Å²) in [5.41, 5.74) is 0.439. The lowest BCUT2D eigenvalue weighted by Crippen LogP contribution is -2.23. The van der Waals surface area contributed by atoms with E-state index in [1.54, 1.807) is 13.8 Å². The Kier molecular flexibility index (Phi) is 4.10. The number of carboxylic acids is 1. The second-order valence-electron chi connectivity index (χ2n) is 4.47. The van der Waals surface area contributed by atoms with Crippen LogP contribution in [0.15, 0.2) is 33.7 Å². The number of hydrogen-bond donors (Lipinski definition) is 2. The minimum atomic E-state index is -3.84. The maximum atomic E-state index is 12.1. The van der Waals surface area contributed by atoms with E-state index in [4.69, 9.17) is 9.52 Å². The summed E-state index contributed by atoms with van der Waals surface area (Å²) in [6.07, 6.45) is 1.48. The number of oxazole rings is 1. The molecule has 2 N–H and O–H groups in total. The van der Waals surface area contributed by atoms with E-state index in [1.807, 2.05) is 0 Å². The van der Waals surface area contributed by atoms with Gasteiger partial charge in [-0.2, -0.15) is 0 Å². The fraction of sp³-hybridized carbons (Fsp3) is 0.231. The fourth-order valence-corrected chi connectivity index (χ4v) is 2.72. The molecule has 0 radical (unpaired) electrons. The van der Waals surface area contributed by atoms with Crippen molar-refractivity contribution in [3.8, 4) is 0 Å². The second kappa shape index (κ2) is 5.66. The lowest BCUT2D eigenvalue weighted by Gasteiger charge is -2.07. The maximum Gasteiger partial charge on any atom is 0.335 e. The Morgan fingerprint density at radius 3 is 2.67 bits per heavy atom. The van der Waals surface area contributed by atoms with Gasteiger partial charge in [-0.1, -0.05) is 6.07 Å². The van der Waals surface area contributed by atoms with Crippen LogP contribution < -0.4 is 4.72 Å². The molecule has 112 valence electrons. The van der Waals surface area contributed by atoms with E-state index in [9.17, 15) is 13.2 Å². The van der Waals surface area contributed by atoms with Gasteiger partial charge in [0.15, 0.2) is 0 Å². The molecule has 0 atom stereocenters. The number of benzene rings is 1. The molecule has 0 aliphatic rings. The molecule has 1 heterocycles. The normalized spacial score (nSPS) is 11.5. The zero-order valence-electron chi connectivity index (χ0n) is 11.5. The molecule has 7 nitrogen and oxygen atoms in total. The van der Waals surface area contributed by atoms with Crippen molar-refractivity contribution in [2.24, 2.45) is 0 Å². The van der Waals surface area contributed by atoms with Gasteiger partial charge in [0.05, 0.1) is 23.2 Å². The first-order chi connectivity index (χ1) is 9.79. The summed E-state index contributed by atoms with van der Waals surface area (Å²) in [6.45, 7) is 3.19. The van der Waals surface area contributed by atoms with Crippen molar-refractivity contribution in [2.45, 2.75) is 25.3 Å². The van der Waals surface area contributed by atoms with Crippen molar-refractivity contribution in [3.63, 3.8) is 0 Å². The topological polar surface area (TPSA) is 110 Å². The van der Waals surface area contributed by atoms with E-state index in [1.165, 1.54) is 18.3 Å². The molecule has 0 amide bonds. The van der Waals surface area contributed by atoms with Crippen molar-refractivity contribution >= 4 is 16.0 Å². The highest BCUT2D eigenvalue weighted by Crippen LogP contribution is 2.16. The Morgan fingerprint density at radius 1 is 1.38 bits per heavy atom. The summed E-state index contributed by atoms with van der Waals surface area (Å²) in [7, 11) is -3.84. The van der Waals surface area contributed by atoms with E-state index in [2.05, 4.69) is 9.71 Å². The lowest BCUT2D eigenvalue weighted by atomic mass is 10.1. The molecule has 1 aromatic heterocycles. The number of rotatable bonds is 5. The van der Waals surface area contributed by atoms with Gasteiger partial charge in [-0.05, 0) is 31.5 Å². The zero-order valence-corrected chi connectivity index (χ0v) is 12.3. The van der Waals surface area contributed by atoms with Crippen LogP contribution in [0.3, 0.4) is 0 Å². The number of aromatic nitrogens is 1. The molecular weight excluding hydrogens is 296 g/mol. The van der Waals surface area contributed by atoms with Gasteiger partial charge < -0.3 is 9.52 Å². The molecule has 8 heteroatoms. The predicted octanol–water partition coefficient (Wildman–Crippen LogP) is 1.47. The number of nitrogens with one attached hydrogen (secondary N) is 1. The highest BCUT2D eigenvalue weighted by molar-refractivity contribution is 7.89. The van der Waals surface area contributed by atoms with E-state index in [-0.39, 0.29) is 22.9 Å². The number of carboxylic acid groups (broad SMARTS) is 1. The van der Waals surface area contributed by atoms with Gasteiger partial charge in [0.1, 0.15) is 5.76 Å². The molecule has 0 unspecified atom stereocenters. The number of aryl methyl sites for hydroxylation is 2. The van der Waals surface area contributed by atoms with E-state index < -0.39 is 16.0 Å². The molecule has 0 aliphatic carbocycles. The average molecular weight is 310 g/mol. The summed E-state index contributed by atoms with van der Waals surface area (Å²) >= 11 is 0. The third-order valence-corrected chi connectivity index (χ3v) is 4.23. The van der Waals surface area contributed by atoms with E-state index >= 15 is 0 Å². The Labute approximate surface area is 121 Å². The van der Waals surface area contributed by atoms with Crippen LogP contribution in [0.25, 0.3) is 0 Å². The molecule has 0 fully saturated rings. The second-order valence-corrected chi connectivity index (χ2v) is 6.24. The Hall–Kier alpha value is -2.19. The fourth-order valence-electron chi connectivity index (χ4n) is 1.72. The number of hydrogen-bond acceptors (Lipinski definition) is 5. The lowest BCUT2D eigenvalue weighted by molar-refractivity contribution is 0.0696. The van der Waals surface area contributed by atoms with Gasteiger partial charge in [-0.15, -0.1) is 0 Å². The Morgan fingerprint density at radius 2 is 2.10 bits per heavy atom. The highest BCUT2D eigenvalue weighted by atomic mass is 32.2. The third-order valence-electron chi connectivity index (χ3n) is 2.83.